The Morgan fingerprint density at radius 2 is 1.74 bits per heavy atom. The highest BCUT2D eigenvalue weighted by Gasteiger charge is 2.38. The largest absolute Gasteiger partial charge is 0.371 e. The molecule has 2 unspecified atom stereocenters. The first-order valence-corrected chi connectivity index (χ1v) is 11.8. The van der Waals surface area contributed by atoms with Gasteiger partial charge in [0.2, 0.25) is 0 Å². The maximum atomic E-state index is 12.2. The molecule has 6 heteroatoms. The van der Waals surface area contributed by atoms with E-state index in [1.165, 1.54) is 35.4 Å². The Balaban J connectivity index is 0.000000287. The molecule has 2 aliphatic carbocycles. The lowest BCUT2D eigenvalue weighted by molar-refractivity contribution is -0.114. The second-order valence-corrected chi connectivity index (χ2v) is 10.2. The Hall–Kier alpha value is -2.08. The van der Waals surface area contributed by atoms with Crippen LogP contribution in [0.5, 0.6) is 0 Å². The summed E-state index contributed by atoms with van der Waals surface area (Å²) in [5.41, 5.74) is 2.01. The number of thiophene rings is 1. The number of hydrogen-bond acceptors (Lipinski definition) is 4. The molecule has 31 heavy (non-hydrogen) atoms. The summed E-state index contributed by atoms with van der Waals surface area (Å²) < 4.78 is 23.9. The lowest BCUT2D eigenvalue weighted by atomic mass is 9.70. The summed E-state index contributed by atoms with van der Waals surface area (Å²) in [6.45, 7) is 6.05. The molecule has 0 amide bonds. The van der Waals surface area contributed by atoms with E-state index in [1.54, 1.807) is 18.3 Å². The molecule has 0 bridgehead atoms. The van der Waals surface area contributed by atoms with Gasteiger partial charge in [-0.25, -0.2) is 8.78 Å². The van der Waals surface area contributed by atoms with Gasteiger partial charge in [0.1, 0.15) is 11.3 Å². The van der Waals surface area contributed by atoms with Crippen molar-refractivity contribution in [2.75, 3.05) is 5.32 Å². The van der Waals surface area contributed by atoms with E-state index < -0.39 is 11.6 Å². The monoisotopic (exact) mass is 447 g/mol. The van der Waals surface area contributed by atoms with Crippen LogP contribution >= 0.6 is 11.3 Å². The standard InChI is InChI=1S/C19H27NO2S.C6H4F2/c1-12(22)17-14-8-6-10-16(14)23-18(17)20-19(2,3)15-9-5-4-7-13(15)11-21;7-5-3-1-2-4-6(5)8/h11,13,15,20H,4-10H2,1-3H3;1-4H. The molecule has 3 nitrogen and oxygen atoms in total. The number of Topliss-reactive ketones (excluding diaryl/α,β-unsaturated/α-hetero) is 1. The minimum Gasteiger partial charge on any atom is -0.371 e. The summed E-state index contributed by atoms with van der Waals surface area (Å²) in [5.74, 6) is -0.956. The number of ketones is 1. The van der Waals surface area contributed by atoms with Gasteiger partial charge in [0.25, 0.3) is 0 Å². The fraction of sp³-hybridized carbons (Fsp3) is 0.520. The highest BCUT2D eigenvalue weighted by atomic mass is 32.1. The average Bonchev–Trinajstić information content (AvgIpc) is 3.30. The molecule has 4 rings (SSSR count). The van der Waals surface area contributed by atoms with Crippen molar-refractivity contribution in [1.29, 1.82) is 0 Å². The number of carbonyl (C=O) groups is 2. The third-order valence-electron chi connectivity index (χ3n) is 6.45. The van der Waals surface area contributed by atoms with Crippen LogP contribution < -0.4 is 5.32 Å². The smallest absolute Gasteiger partial charge is 0.163 e. The van der Waals surface area contributed by atoms with Crippen molar-refractivity contribution in [3.63, 3.8) is 0 Å². The number of hydrogen-bond donors (Lipinski definition) is 1. The molecule has 1 heterocycles. The van der Waals surface area contributed by atoms with Crippen LogP contribution in [0.1, 0.15) is 73.7 Å². The van der Waals surface area contributed by atoms with Crippen molar-refractivity contribution in [3.05, 3.63) is 51.9 Å². The van der Waals surface area contributed by atoms with Crippen LogP contribution in [0.4, 0.5) is 13.8 Å². The first-order chi connectivity index (χ1) is 14.7. The Bertz CT molecular complexity index is 917. The Morgan fingerprint density at radius 1 is 1.10 bits per heavy atom. The number of benzene rings is 1. The maximum absolute atomic E-state index is 12.2. The summed E-state index contributed by atoms with van der Waals surface area (Å²) in [7, 11) is 0. The fourth-order valence-corrected chi connectivity index (χ4v) is 6.41. The van der Waals surface area contributed by atoms with Crippen LogP contribution in [-0.2, 0) is 17.6 Å². The lowest BCUT2D eigenvalue weighted by Gasteiger charge is -2.41. The molecular formula is C25H31F2NO2S. The van der Waals surface area contributed by atoms with Gasteiger partial charge in [-0.05, 0) is 76.5 Å². The molecule has 168 valence electrons. The van der Waals surface area contributed by atoms with Gasteiger partial charge in [0.05, 0.1) is 5.56 Å². The van der Waals surface area contributed by atoms with Gasteiger partial charge < -0.3 is 10.1 Å². The summed E-state index contributed by atoms with van der Waals surface area (Å²) in [6.07, 6.45) is 8.88. The first-order valence-electron chi connectivity index (χ1n) is 11.0. The minimum absolute atomic E-state index is 0.138. The zero-order chi connectivity index (χ0) is 22.6. The fourth-order valence-electron chi connectivity index (χ4n) is 4.91. The predicted octanol–water partition coefficient (Wildman–Crippen LogP) is 6.60. The molecule has 2 aliphatic rings. The lowest BCUT2D eigenvalue weighted by Crippen LogP contribution is -2.45. The van der Waals surface area contributed by atoms with Crippen molar-refractivity contribution in [1.82, 2.24) is 0 Å². The average molecular weight is 448 g/mol. The molecule has 1 fully saturated rings. The van der Waals surface area contributed by atoms with Crippen LogP contribution in [0.15, 0.2) is 24.3 Å². The molecule has 0 saturated heterocycles. The number of aryl methyl sites for hydroxylation is 1. The quantitative estimate of drug-likeness (QED) is 0.415. The van der Waals surface area contributed by atoms with Crippen molar-refractivity contribution in [2.45, 2.75) is 71.3 Å². The van der Waals surface area contributed by atoms with Crippen molar-refractivity contribution in [3.8, 4) is 0 Å². The van der Waals surface area contributed by atoms with E-state index in [2.05, 4.69) is 19.2 Å². The number of nitrogens with one attached hydrogen (secondary N) is 1. The molecule has 0 spiro atoms. The number of aldehydes is 1. The number of anilines is 1. The first kappa shape index (κ1) is 23.6. The Kier molecular flexibility index (Phi) is 7.63. The molecule has 1 saturated carbocycles. The SMILES string of the molecule is CC(=O)c1c(NC(C)(C)C2CCCCC2C=O)sc2c1CCC2.Fc1ccccc1F. The molecular weight excluding hydrogens is 416 g/mol. The zero-order valence-corrected chi connectivity index (χ0v) is 19.3. The van der Waals surface area contributed by atoms with Crippen LogP contribution in [0, 0.1) is 23.5 Å². The van der Waals surface area contributed by atoms with E-state index in [0.29, 0.717) is 5.92 Å². The van der Waals surface area contributed by atoms with E-state index in [9.17, 15) is 18.4 Å². The summed E-state index contributed by atoms with van der Waals surface area (Å²) in [4.78, 5) is 25.0. The molecule has 0 aliphatic heterocycles. The van der Waals surface area contributed by atoms with Crippen molar-refractivity contribution < 1.29 is 18.4 Å². The van der Waals surface area contributed by atoms with Crippen molar-refractivity contribution >= 4 is 28.4 Å². The van der Waals surface area contributed by atoms with E-state index in [4.69, 9.17) is 0 Å². The van der Waals surface area contributed by atoms with Gasteiger partial charge in [-0.2, -0.15) is 0 Å². The molecule has 1 aromatic carbocycles. The second kappa shape index (κ2) is 10.0. The van der Waals surface area contributed by atoms with E-state index in [1.807, 2.05) is 0 Å². The molecule has 1 aromatic heterocycles. The van der Waals surface area contributed by atoms with Gasteiger partial charge in [0, 0.05) is 16.3 Å². The third kappa shape index (κ3) is 5.40. The molecule has 2 atom stereocenters. The van der Waals surface area contributed by atoms with E-state index in [-0.39, 0.29) is 17.2 Å². The number of halogens is 2. The van der Waals surface area contributed by atoms with E-state index >= 15 is 0 Å². The summed E-state index contributed by atoms with van der Waals surface area (Å²) in [5, 5.41) is 4.70. The highest BCUT2D eigenvalue weighted by molar-refractivity contribution is 7.16. The highest BCUT2D eigenvalue weighted by Crippen LogP contribution is 2.43. The minimum atomic E-state index is -0.799. The van der Waals surface area contributed by atoms with Gasteiger partial charge >= 0.3 is 0 Å². The molecule has 1 N–H and O–H groups in total. The Labute approximate surface area is 187 Å². The van der Waals surface area contributed by atoms with Crippen LogP contribution in [0.2, 0.25) is 0 Å². The van der Waals surface area contributed by atoms with Crippen molar-refractivity contribution in [2.24, 2.45) is 11.8 Å². The van der Waals surface area contributed by atoms with Crippen LogP contribution in [0.25, 0.3) is 0 Å². The number of carbonyl (C=O) groups excluding carboxylic acids is 2. The summed E-state index contributed by atoms with van der Waals surface area (Å²) in [6, 6.07) is 5.04. The topological polar surface area (TPSA) is 46.2 Å². The number of rotatable bonds is 5. The molecule has 0 radical (unpaired) electrons. The van der Waals surface area contributed by atoms with Crippen LogP contribution in [-0.4, -0.2) is 17.6 Å². The zero-order valence-electron chi connectivity index (χ0n) is 18.5. The normalized spacial score (nSPS) is 20.4. The Morgan fingerprint density at radius 3 is 2.32 bits per heavy atom. The maximum Gasteiger partial charge on any atom is 0.163 e. The summed E-state index contributed by atoms with van der Waals surface area (Å²) >= 11 is 1.76. The van der Waals surface area contributed by atoms with Gasteiger partial charge in [-0.1, -0.05) is 25.0 Å². The second-order valence-electron chi connectivity index (χ2n) is 9.07. The van der Waals surface area contributed by atoms with Gasteiger partial charge in [-0.3, -0.25) is 4.79 Å². The third-order valence-corrected chi connectivity index (χ3v) is 7.66. The van der Waals surface area contributed by atoms with E-state index in [0.717, 1.165) is 61.1 Å². The molecule has 2 aromatic rings. The number of fused-ring (bicyclic) bond motifs is 1. The van der Waals surface area contributed by atoms with Gasteiger partial charge in [-0.15, -0.1) is 11.3 Å². The van der Waals surface area contributed by atoms with Crippen LogP contribution in [0.3, 0.4) is 0 Å². The predicted molar refractivity (Wildman–Crippen MR) is 122 cm³/mol. The van der Waals surface area contributed by atoms with Gasteiger partial charge in [0.15, 0.2) is 17.4 Å².